The van der Waals surface area contributed by atoms with Gasteiger partial charge in [-0.15, -0.1) is 0 Å². The Morgan fingerprint density at radius 3 is 2.36 bits per heavy atom. The number of aryl methyl sites for hydroxylation is 1. The molecule has 132 valence electrons. The van der Waals surface area contributed by atoms with Gasteiger partial charge < -0.3 is 9.84 Å². The summed E-state index contributed by atoms with van der Waals surface area (Å²) in [5.74, 6) is 0.184. The van der Waals surface area contributed by atoms with Crippen LogP contribution in [0.2, 0.25) is 0 Å². The highest BCUT2D eigenvalue weighted by Crippen LogP contribution is 2.31. The molecule has 1 aliphatic heterocycles. The lowest BCUT2D eigenvalue weighted by Crippen LogP contribution is -2.40. The number of amides is 3. The molecule has 3 rings (SSSR count). The first-order valence-electron chi connectivity index (χ1n) is 8.28. The van der Waals surface area contributed by atoms with Crippen LogP contribution in [-0.4, -0.2) is 22.0 Å². The predicted octanol–water partition coefficient (Wildman–Crippen LogP) is 3.25. The summed E-state index contributed by atoms with van der Waals surface area (Å²) in [6.07, 6.45) is 0. The number of carbonyl (C=O) groups is 2. The maximum absolute atomic E-state index is 12.9. The van der Waals surface area contributed by atoms with E-state index in [0.717, 1.165) is 10.5 Å². The highest BCUT2D eigenvalue weighted by Gasteiger charge is 2.49. The molecule has 1 aliphatic rings. The number of nitrogens with one attached hydrogen (secondary N) is 1. The maximum atomic E-state index is 12.9. The summed E-state index contributed by atoms with van der Waals surface area (Å²) < 4.78 is 5.13. The standard InChI is InChI=1S/C19H23N3O3/c1-12-10-15(25-21-12)11-22-16(23)19(5,20-17(22)24)14-8-6-13(7-9-14)18(2,3)4/h6-10H,11H2,1-5H3,(H,20,24)/t19-/m0/s1. The topological polar surface area (TPSA) is 75.4 Å². The van der Waals surface area contributed by atoms with E-state index in [4.69, 9.17) is 4.52 Å². The van der Waals surface area contributed by atoms with Crippen molar-refractivity contribution in [3.8, 4) is 0 Å². The van der Waals surface area contributed by atoms with E-state index in [0.29, 0.717) is 11.5 Å². The molecular weight excluding hydrogens is 318 g/mol. The number of nitrogens with zero attached hydrogens (tertiary/aromatic N) is 2. The molecule has 2 heterocycles. The molecule has 0 saturated carbocycles. The molecule has 6 nitrogen and oxygen atoms in total. The summed E-state index contributed by atoms with van der Waals surface area (Å²) in [4.78, 5) is 26.4. The molecular formula is C19H23N3O3. The van der Waals surface area contributed by atoms with Crippen molar-refractivity contribution in [2.24, 2.45) is 0 Å². The average Bonchev–Trinajstić information content (AvgIpc) is 3.04. The van der Waals surface area contributed by atoms with E-state index >= 15 is 0 Å². The van der Waals surface area contributed by atoms with Crippen molar-refractivity contribution in [1.82, 2.24) is 15.4 Å². The quantitative estimate of drug-likeness (QED) is 0.870. The number of urea groups is 1. The SMILES string of the molecule is Cc1cc(CN2C(=O)N[C@@](C)(c3ccc(C(C)(C)C)cc3)C2=O)on1. The second kappa shape index (κ2) is 5.72. The molecule has 0 radical (unpaired) electrons. The molecule has 0 unspecified atom stereocenters. The number of carbonyl (C=O) groups excluding carboxylic acids is 2. The maximum Gasteiger partial charge on any atom is 0.325 e. The Morgan fingerprint density at radius 1 is 1.20 bits per heavy atom. The number of hydrogen-bond acceptors (Lipinski definition) is 4. The van der Waals surface area contributed by atoms with Crippen molar-refractivity contribution in [1.29, 1.82) is 0 Å². The van der Waals surface area contributed by atoms with E-state index in [9.17, 15) is 9.59 Å². The Bertz CT molecular complexity index is 817. The van der Waals surface area contributed by atoms with Crippen molar-refractivity contribution >= 4 is 11.9 Å². The lowest BCUT2D eigenvalue weighted by atomic mass is 9.84. The van der Waals surface area contributed by atoms with E-state index in [-0.39, 0.29) is 17.9 Å². The predicted molar refractivity (Wildman–Crippen MR) is 92.8 cm³/mol. The Balaban J connectivity index is 1.86. The minimum absolute atomic E-state index is 0.0263. The molecule has 0 bridgehead atoms. The number of hydrogen-bond donors (Lipinski definition) is 1. The summed E-state index contributed by atoms with van der Waals surface area (Å²) in [7, 11) is 0. The second-order valence-electron chi connectivity index (χ2n) is 7.71. The van der Waals surface area contributed by atoms with Crippen LogP contribution in [-0.2, 0) is 22.3 Å². The zero-order valence-corrected chi connectivity index (χ0v) is 15.2. The van der Waals surface area contributed by atoms with Gasteiger partial charge in [0.2, 0.25) is 0 Å². The molecule has 3 amide bonds. The van der Waals surface area contributed by atoms with Gasteiger partial charge in [0.25, 0.3) is 5.91 Å². The van der Waals surface area contributed by atoms with Gasteiger partial charge in [-0.3, -0.25) is 9.69 Å². The average molecular weight is 341 g/mol. The van der Waals surface area contributed by atoms with Crippen LogP contribution in [0.3, 0.4) is 0 Å². The molecule has 1 fully saturated rings. The monoisotopic (exact) mass is 341 g/mol. The molecule has 25 heavy (non-hydrogen) atoms. The third kappa shape index (κ3) is 3.04. The third-order valence-electron chi connectivity index (χ3n) is 4.59. The molecule has 2 aromatic rings. The van der Waals surface area contributed by atoms with Crippen LogP contribution in [0.25, 0.3) is 0 Å². The summed E-state index contributed by atoms with van der Waals surface area (Å²) in [6, 6.07) is 9.10. The number of aromatic nitrogens is 1. The molecule has 1 aromatic heterocycles. The van der Waals surface area contributed by atoms with Gasteiger partial charge in [0, 0.05) is 6.07 Å². The number of benzene rings is 1. The zero-order valence-electron chi connectivity index (χ0n) is 15.2. The smallest absolute Gasteiger partial charge is 0.325 e. The van der Waals surface area contributed by atoms with Gasteiger partial charge in [-0.2, -0.15) is 0 Å². The first-order valence-corrected chi connectivity index (χ1v) is 8.28. The van der Waals surface area contributed by atoms with E-state index in [1.54, 1.807) is 19.9 Å². The van der Waals surface area contributed by atoms with Crippen molar-refractivity contribution in [2.45, 2.75) is 52.1 Å². The summed E-state index contributed by atoms with van der Waals surface area (Å²) in [5.41, 5.74) is 1.59. The molecule has 0 aliphatic carbocycles. The van der Waals surface area contributed by atoms with Gasteiger partial charge in [-0.05, 0) is 30.4 Å². The van der Waals surface area contributed by atoms with E-state index in [2.05, 4.69) is 31.2 Å². The van der Waals surface area contributed by atoms with Crippen LogP contribution in [0.1, 0.15) is 50.3 Å². The molecule has 1 saturated heterocycles. The van der Waals surface area contributed by atoms with Crippen LogP contribution in [0.4, 0.5) is 4.79 Å². The van der Waals surface area contributed by atoms with Gasteiger partial charge in [0.15, 0.2) is 5.76 Å². The fraction of sp³-hybridized carbons (Fsp3) is 0.421. The molecule has 6 heteroatoms. The van der Waals surface area contributed by atoms with E-state index in [1.807, 2.05) is 24.3 Å². The van der Waals surface area contributed by atoms with Crippen LogP contribution < -0.4 is 5.32 Å². The van der Waals surface area contributed by atoms with Gasteiger partial charge in [0.1, 0.15) is 5.54 Å². The van der Waals surface area contributed by atoms with Crippen LogP contribution >= 0.6 is 0 Å². The lowest BCUT2D eigenvalue weighted by molar-refractivity contribution is -0.131. The normalized spacial score (nSPS) is 20.9. The van der Waals surface area contributed by atoms with Crippen LogP contribution in [0, 0.1) is 6.92 Å². The Hall–Kier alpha value is -2.63. The molecule has 0 spiro atoms. The minimum atomic E-state index is -1.08. The van der Waals surface area contributed by atoms with Crippen molar-refractivity contribution in [2.75, 3.05) is 0 Å². The molecule has 1 aromatic carbocycles. The molecule has 1 N–H and O–H groups in total. The highest BCUT2D eigenvalue weighted by atomic mass is 16.5. The highest BCUT2D eigenvalue weighted by molar-refractivity contribution is 6.07. The van der Waals surface area contributed by atoms with E-state index in [1.165, 1.54) is 5.56 Å². The Kier molecular flexibility index (Phi) is 3.94. The van der Waals surface area contributed by atoms with Gasteiger partial charge >= 0.3 is 6.03 Å². The lowest BCUT2D eigenvalue weighted by Gasteiger charge is -2.24. The first kappa shape index (κ1) is 17.2. The van der Waals surface area contributed by atoms with Crippen LogP contribution in [0.5, 0.6) is 0 Å². The number of imide groups is 1. The van der Waals surface area contributed by atoms with Gasteiger partial charge in [-0.25, -0.2) is 4.79 Å². The van der Waals surface area contributed by atoms with Gasteiger partial charge in [0.05, 0.1) is 12.2 Å². The minimum Gasteiger partial charge on any atom is -0.359 e. The summed E-state index contributed by atoms with van der Waals surface area (Å²) in [6.45, 7) is 9.99. The largest absolute Gasteiger partial charge is 0.359 e. The van der Waals surface area contributed by atoms with E-state index < -0.39 is 11.6 Å². The Labute approximate surface area is 147 Å². The van der Waals surface area contributed by atoms with Crippen molar-refractivity contribution in [3.05, 3.63) is 52.9 Å². The fourth-order valence-electron chi connectivity index (χ4n) is 2.99. The fourth-order valence-corrected chi connectivity index (χ4v) is 2.99. The number of rotatable bonds is 3. The van der Waals surface area contributed by atoms with Crippen molar-refractivity contribution < 1.29 is 14.1 Å². The zero-order chi connectivity index (χ0) is 18.4. The summed E-state index contributed by atoms with van der Waals surface area (Å²) in [5, 5.41) is 6.60. The summed E-state index contributed by atoms with van der Waals surface area (Å²) >= 11 is 0. The molecule has 1 atom stereocenters. The Morgan fingerprint density at radius 2 is 1.84 bits per heavy atom. The van der Waals surface area contributed by atoms with Crippen LogP contribution in [0.15, 0.2) is 34.9 Å². The first-order chi connectivity index (χ1) is 11.6. The third-order valence-corrected chi connectivity index (χ3v) is 4.59. The second-order valence-corrected chi connectivity index (χ2v) is 7.71. The van der Waals surface area contributed by atoms with Gasteiger partial charge in [-0.1, -0.05) is 50.2 Å². The van der Waals surface area contributed by atoms with Crippen molar-refractivity contribution in [3.63, 3.8) is 0 Å².